The van der Waals surface area contributed by atoms with Crippen molar-refractivity contribution in [2.45, 2.75) is 78.5 Å². The molecule has 1 aromatic rings. The van der Waals surface area contributed by atoms with Gasteiger partial charge in [0.25, 0.3) is 5.91 Å². The second kappa shape index (κ2) is 13.1. The molecule has 0 saturated heterocycles. The number of amides is 3. The third kappa shape index (κ3) is 9.01. The average Bonchev–Trinajstić information content (AvgIpc) is 2.73. The molecule has 0 fully saturated rings. The Bertz CT molecular complexity index is 873. The molecule has 3 amide bonds. The van der Waals surface area contributed by atoms with Crippen molar-refractivity contribution in [2.75, 3.05) is 12.3 Å². The van der Waals surface area contributed by atoms with E-state index in [1.807, 2.05) is 26.0 Å². The summed E-state index contributed by atoms with van der Waals surface area (Å²) in [5.74, 6) is -1.02. The second-order valence-corrected chi connectivity index (χ2v) is 9.33. The molecule has 0 radical (unpaired) electrons. The highest BCUT2D eigenvalue weighted by Crippen LogP contribution is 2.24. The van der Waals surface area contributed by atoms with Gasteiger partial charge in [-0.15, -0.1) is 0 Å². The SMILES string of the molecule is C#CN(C(=O)C(CS)NC(=O)OC(C)(C)C)C(C(=O)NCCCCC)c1ccc(C)c(C)c1. The van der Waals surface area contributed by atoms with Crippen molar-refractivity contribution < 1.29 is 19.1 Å². The number of alkyl carbamates (subject to hydrolysis) is 1. The minimum atomic E-state index is -1.07. The predicted molar refractivity (Wildman–Crippen MR) is 134 cm³/mol. The molecule has 2 unspecified atom stereocenters. The lowest BCUT2D eigenvalue weighted by Crippen LogP contribution is -2.52. The van der Waals surface area contributed by atoms with Gasteiger partial charge in [0, 0.05) is 18.3 Å². The zero-order valence-corrected chi connectivity index (χ0v) is 21.4. The quantitative estimate of drug-likeness (QED) is 0.207. The summed E-state index contributed by atoms with van der Waals surface area (Å²) in [6.45, 7) is 11.6. The third-order valence-electron chi connectivity index (χ3n) is 4.98. The smallest absolute Gasteiger partial charge is 0.408 e. The molecule has 0 aliphatic rings. The molecular weight excluding hydrogens is 438 g/mol. The Hall–Kier alpha value is -2.66. The van der Waals surface area contributed by atoms with Gasteiger partial charge in [0.2, 0.25) is 5.91 Å². The Morgan fingerprint density at radius 3 is 2.36 bits per heavy atom. The maximum atomic E-state index is 13.3. The zero-order chi connectivity index (χ0) is 25.2. The number of unbranched alkanes of at least 4 members (excludes halogenated alkanes) is 2. The van der Waals surface area contributed by atoms with Crippen molar-refractivity contribution in [3.05, 3.63) is 34.9 Å². The van der Waals surface area contributed by atoms with Crippen molar-refractivity contribution >= 4 is 30.5 Å². The van der Waals surface area contributed by atoms with Gasteiger partial charge in [-0.05, 0) is 57.7 Å². The van der Waals surface area contributed by atoms with Crippen molar-refractivity contribution in [1.29, 1.82) is 0 Å². The lowest BCUT2D eigenvalue weighted by molar-refractivity contribution is -0.138. The number of nitrogens with zero attached hydrogens (tertiary/aromatic N) is 1. The molecule has 0 saturated carbocycles. The van der Waals surface area contributed by atoms with E-state index in [9.17, 15) is 14.4 Å². The number of rotatable bonds is 10. The summed E-state index contributed by atoms with van der Waals surface area (Å²) in [4.78, 5) is 39.8. The van der Waals surface area contributed by atoms with Gasteiger partial charge in [-0.25, -0.2) is 4.79 Å². The highest BCUT2D eigenvalue weighted by Gasteiger charge is 2.35. The van der Waals surface area contributed by atoms with Gasteiger partial charge >= 0.3 is 6.09 Å². The molecule has 2 N–H and O–H groups in total. The summed E-state index contributed by atoms with van der Waals surface area (Å²) in [6.07, 6.45) is 7.78. The molecule has 0 aromatic heterocycles. The molecule has 8 heteroatoms. The fourth-order valence-corrected chi connectivity index (χ4v) is 3.35. The van der Waals surface area contributed by atoms with Gasteiger partial charge < -0.3 is 15.4 Å². The fraction of sp³-hybridized carbons (Fsp3) is 0.560. The summed E-state index contributed by atoms with van der Waals surface area (Å²) < 4.78 is 5.25. The largest absolute Gasteiger partial charge is 0.444 e. The normalized spacial score (nSPS) is 12.8. The van der Waals surface area contributed by atoms with Crippen LogP contribution in [0.1, 0.15) is 69.7 Å². The van der Waals surface area contributed by atoms with Crippen LogP contribution in [0.25, 0.3) is 0 Å². The van der Waals surface area contributed by atoms with Crippen molar-refractivity contribution in [1.82, 2.24) is 15.5 Å². The summed E-state index contributed by atoms with van der Waals surface area (Å²) in [5, 5.41) is 5.40. The molecular formula is C25H37N3O4S. The van der Waals surface area contributed by atoms with Crippen LogP contribution in [0.15, 0.2) is 18.2 Å². The van der Waals surface area contributed by atoms with E-state index in [-0.39, 0.29) is 11.7 Å². The van der Waals surface area contributed by atoms with Crippen LogP contribution in [0.3, 0.4) is 0 Å². The first-order valence-corrected chi connectivity index (χ1v) is 11.8. The Kier molecular flexibility index (Phi) is 11.3. The van der Waals surface area contributed by atoms with Gasteiger partial charge in [-0.1, -0.05) is 44.4 Å². The van der Waals surface area contributed by atoms with Crippen LogP contribution < -0.4 is 10.6 Å². The first-order valence-electron chi connectivity index (χ1n) is 11.2. The Morgan fingerprint density at radius 1 is 1.18 bits per heavy atom. The number of hydrogen-bond acceptors (Lipinski definition) is 5. The van der Waals surface area contributed by atoms with Crippen molar-refractivity contribution in [3.8, 4) is 12.5 Å². The molecule has 0 aliphatic heterocycles. The third-order valence-corrected chi connectivity index (χ3v) is 5.35. The van der Waals surface area contributed by atoms with Crippen LogP contribution in [-0.4, -0.2) is 46.7 Å². The van der Waals surface area contributed by atoms with E-state index in [2.05, 4.69) is 36.2 Å². The van der Waals surface area contributed by atoms with E-state index in [4.69, 9.17) is 11.2 Å². The molecule has 1 aromatic carbocycles. The maximum Gasteiger partial charge on any atom is 0.408 e. The number of benzene rings is 1. The Morgan fingerprint density at radius 2 is 1.85 bits per heavy atom. The van der Waals surface area contributed by atoms with Crippen LogP contribution in [0.5, 0.6) is 0 Å². The molecule has 182 valence electrons. The van der Waals surface area contributed by atoms with Crippen LogP contribution in [0.2, 0.25) is 0 Å². The maximum absolute atomic E-state index is 13.3. The minimum Gasteiger partial charge on any atom is -0.444 e. The first kappa shape index (κ1) is 28.4. The van der Waals surface area contributed by atoms with E-state index in [1.165, 1.54) is 0 Å². The van der Waals surface area contributed by atoms with Crippen LogP contribution in [-0.2, 0) is 14.3 Å². The Labute approximate surface area is 203 Å². The van der Waals surface area contributed by atoms with Gasteiger partial charge in [-0.2, -0.15) is 12.6 Å². The van der Waals surface area contributed by atoms with E-state index in [0.717, 1.165) is 35.3 Å². The van der Waals surface area contributed by atoms with E-state index in [1.54, 1.807) is 26.8 Å². The van der Waals surface area contributed by atoms with E-state index in [0.29, 0.717) is 12.1 Å². The number of hydrogen-bond donors (Lipinski definition) is 3. The molecule has 0 aliphatic carbocycles. The Balaban J connectivity index is 3.24. The van der Waals surface area contributed by atoms with Crippen molar-refractivity contribution in [3.63, 3.8) is 0 Å². The number of nitrogens with one attached hydrogen (secondary N) is 2. The minimum absolute atomic E-state index is 0.0198. The summed E-state index contributed by atoms with van der Waals surface area (Å²) in [5.41, 5.74) is 1.88. The standard InChI is InChI=1S/C25H37N3O4S/c1-8-10-11-14-26-22(29)21(19-13-12-17(3)18(4)15-19)28(9-2)23(30)20(16-33)27-24(31)32-25(5,6)7/h2,12-13,15,20-21,33H,8,10-11,14,16H2,1,3-7H3,(H,26,29)(H,27,31). The first-order chi connectivity index (χ1) is 15.4. The van der Waals surface area contributed by atoms with Crippen LogP contribution in [0, 0.1) is 26.3 Å². The predicted octanol–water partition coefficient (Wildman–Crippen LogP) is 3.89. The number of carbonyl (C=O) groups is 3. The summed E-state index contributed by atoms with van der Waals surface area (Å²) >= 11 is 4.20. The molecule has 0 bridgehead atoms. The average molecular weight is 476 g/mol. The number of thiol groups is 1. The number of carbonyl (C=O) groups excluding carboxylic acids is 3. The fourth-order valence-electron chi connectivity index (χ4n) is 3.10. The number of ether oxygens (including phenoxy) is 1. The summed E-state index contributed by atoms with van der Waals surface area (Å²) in [6, 6.07) is 5.75. The van der Waals surface area contributed by atoms with Gasteiger partial charge in [0.15, 0.2) is 0 Å². The lowest BCUT2D eigenvalue weighted by Gasteiger charge is -2.30. The molecule has 1 rings (SSSR count). The van der Waals surface area contributed by atoms with Crippen LogP contribution in [0.4, 0.5) is 4.79 Å². The van der Waals surface area contributed by atoms with Gasteiger partial charge in [-0.3, -0.25) is 14.5 Å². The second-order valence-electron chi connectivity index (χ2n) is 8.96. The molecule has 33 heavy (non-hydrogen) atoms. The van der Waals surface area contributed by atoms with E-state index < -0.39 is 29.7 Å². The molecule has 7 nitrogen and oxygen atoms in total. The monoisotopic (exact) mass is 475 g/mol. The highest BCUT2D eigenvalue weighted by molar-refractivity contribution is 7.80. The molecule has 2 atom stereocenters. The zero-order valence-electron chi connectivity index (χ0n) is 20.5. The van der Waals surface area contributed by atoms with E-state index >= 15 is 0 Å². The lowest BCUT2D eigenvalue weighted by atomic mass is 9.99. The molecule has 0 spiro atoms. The highest BCUT2D eigenvalue weighted by atomic mass is 32.1. The number of aryl methyl sites for hydroxylation is 2. The number of terminal acetylenes is 1. The topological polar surface area (TPSA) is 87.7 Å². The molecule has 0 heterocycles. The van der Waals surface area contributed by atoms with Crippen LogP contribution >= 0.6 is 12.6 Å². The van der Waals surface area contributed by atoms with Gasteiger partial charge in [0.1, 0.15) is 17.7 Å². The summed E-state index contributed by atoms with van der Waals surface area (Å²) in [7, 11) is 0. The van der Waals surface area contributed by atoms with Crippen molar-refractivity contribution in [2.24, 2.45) is 0 Å². The van der Waals surface area contributed by atoms with Gasteiger partial charge in [0.05, 0.1) is 0 Å².